The maximum atomic E-state index is 12.5. The van der Waals surface area contributed by atoms with Crippen LogP contribution < -0.4 is 0 Å². The van der Waals surface area contributed by atoms with Gasteiger partial charge in [-0.3, -0.25) is 9.59 Å². The van der Waals surface area contributed by atoms with Crippen LogP contribution in [-0.4, -0.2) is 42.9 Å². The van der Waals surface area contributed by atoms with Crippen LogP contribution >= 0.6 is 0 Å². The van der Waals surface area contributed by atoms with Gasteiger partial charge in [-0.05, 0) is 11.6 Å². The molecule has 4 nitrogen and oxygen atoms in total. The highest BCUT2D eigenvalue weighted by molar-refractivity contribution is 6.09. The Hall–Kier alpha value is -2.46. The number of hydrogen-bond acceptors (Lipinski definition) is 3. The monoisotopic (exact) mass is 309 g/mol. The van der Waals surface area contributed by atoms with Crippen molar-refractivity contribution in [1.82, 2.24) is 4.90 Å². The van der Waals surface area contributed by atoms with Crippen LogP contribution in [0.3, 0.4) is 0 Å². The summed E-state index contributed by atoms with van der Waals surface area (Å²) < 4.78 is 5.26. The summed E-state index contributed by atoms with van der Waals surface area (Å²) in [6.07, 6.45) is 0.315. The van der Waals surface area contributed by atoms with Crippen LogP contribution in [0.2, 0.25) is 0 Å². The molecule has 0 radical (unpaired) electrons. The standard InChI is InChI=1S/C19H19NO3/c21-18(20-9-11-23-12-10-20)14-15-5-4-8-17(13-15)19(22)16-6-2-1-3-7-16/h1-8,13H,9-12,14H2. The van der Waals surface area contributed by atoms with Gasteiger partial charge in [0.2, 0.25) is 5.91 Å². The van der Waals surface area contributed by atoms with Gasteiger partial charge >= 0.3 is 0 Å². The Bertz CT molecular complexity index is 691. The molecule has 1 saturated heterocycles. The van der Waals surface area contributed by atoms with E-state index < -0.39 is 0 Å². The first-order valence-corrected chi connectivity index (χ1v) is 7.78. The molecule has 0 aromatic heterocycles. The van der Waals surface area contributed by atoms with Gasteiger partial charge in [-0.1, -0.05) is 48.5 Å². The molecule has 0 aliphatic carbocycles. The van der Waals surface area contributed by atoms with Crippen molar-refractivity contribution in [3.63, 3.8) is 0 Å². The van der Waals surface area contributed by atoms with Crippen molar-refractivity contribution in [2.45, 2.75) is 6.42 Å². The van der Waals surface area contributed by atoms with Crippen LogP contribution in [0.25, 0.3) is 0 Å². The third-order valence-electron chi connectivity index (χ3n) is 3.94. The van der Waals surface area contributed by atoms with Gasteiger partial charge in [0, 0.05) is 24.2 Å². The van der Waals surface area contributed by atoms with E-state index in [0.29, 0.717) is 43.9 Å². The topological polar surface area (TPSA) is 46.6 Å². The van der Waals surface area contributed by atoms with Crippen molar-refractivity contribution in [3.8, 4) is 0 Å². The Morgan fingerprint density at radius 1 is 0.913 bits per heavy atom. The number of hydrogen-bond donors (Lipinski definition) is 0. The van der Waals surface area contributed by atoms with Crippen LogP contribution in [0.4, 0.5) is 0 Å². The second kappa shape index (κ2) is 7.20. The van der Waals surface area contributed by atoms with E-state index in [4.69, 9.17) is 4.74 Å². The minimum absolute atomic E-state index is 0.0220. The SMILES string of the molecule is O=C(c1ccccc1)c1cccc(CC(=O)N2CCOCC2)c1. The summed E-state index contributed by atoms with van der Waals surface area (Å²) in [5.41, 5.74) is 2.14. The van der Waals surface area contributed by atoms with E-state index >= 15 is 0 Å². The van der Waals surface area contributed by atoms with Crippen LogP contribution in [0.1, 0.15) is 21.5 Å². The Morgan fingerprint density at radius 2 is 1.61 bits per heavy atom. The zero-order valence-electron chi connectivity index (χ0n) is 12.9. The Kier molecular flexibility index (Phi) is 4.83. The maximum absolute atomic E-state index is 12.5. The summed E-state index contributed by atoms with van der Waals surface area (Å²) in [4.78, 5) is 26.6. The molecule has 118 valence electrons. The largest absolute Gasteiger partial charge is 0.378 e. The number of carbonyl (C=O) groups is 2. The molecule has 1 aliphatic heterocycles. The molecule has 1 amide bonds. The summed E-state index contributed by atoms with van der Waals surface area (Å²) in [7, 11) is 0. The average molecular weight is 309 g/mol. The van der Waals surface area contributed by atoms with Crippen molar-refractivity contribution in [2.24, 2.45) is 0 Å². The number of ether oxygens (including phenoxy) is 1. The third-order valence-corrected chi connectivity index (χ3v) is 3.94. The van der Waals surface area contributed by atoms with Gasteiger partial charge in [0.05, 0.1) is 19.6 Å². The van der Waals surface area contributed by atoms with E-state index in [9.17, 15) is 9.59 Å². The summed E-state index contributed by atoms with van der Waals surface area (Å²) >= 11 is 0. The molecule has 0 unspecified atom stereocenters. The molecule has 3 rings (SSSR count). The molecule has 2 aromatic carbocycles. The van der Waals surface area contributed by atoms with E-state index in [2.05, 4.69) is 0 Å². The van der Waals surface area contributed by atoms with E-state index in [-0.39, 0.29) is 11.7 Å². The van der Waals surface area contributed by atoms with E-state index in [0.717, 1.165) is 5.56 Å². The van der Waals surface area contributed by atoms with Crippen molar-refractivity contribution >= 4 is 11.7 Å². The van der Waals surface area contributed by atoms with Gasteiger partial charge in [-0.2, -0.15) is 0 Å². The minimum Gasteiger partial charge on any atom is -0.378 e. The number of ketones is 1. The first-order chi connectivity index (χ1) is 11.2. The third kappa shape index (κ3) is 3.85. The highest BCUT2D eigenvalue weighted by Crippen LogP contribution is 2.13. The average Bonchev–Trinajstić information content (AvgIpc) is 2.63. The normalized spacial score (nSPS) is 14.5. The molecular formula is C19H19NO3. The van der Waals surface area contributed by atoms with Crippen molar-refractivity contribution in [2.75, 3.05) is 26.3 Å². The fraction of sp³-hybridized carbons (Fsp3) is 0.263. The maximum Gasteiger partial charge on any atom is 0.227 e. The van der Waals surface area contributed by atoms with Crippen LogP contribution in [0, 0.1) is 0 Å². The number of morpholine rings is 1. The fourth-order valence-corrected chi connectivity index (χ4v) is 2.68. The molecule has 1 aliphatic rings. The molecule has 4 heteroatoms. The summed E-state index contributed by atoms with van der Waals surface area (Å²) in [6.45, 7) is 2.47. The number of benzene rings is 2. The Morgan fingerprint density at radius 3 is 2.35 bits per heavy atom. The first kappa shape index (κ1) is 15.4. The van der Waals surface area contributed by atoms with Gasteiger partial charge in [0.15, 0.2) is 5.78 Å². The Labute approximate surface area is 135 Å². The van der Waals surface area contributed by atoms with Crippen molar-refractivity contribution in [1.29, 1.82) is 0 Å². The lowest BCUT2D eigenvalue weighted by molar-refractivity contribution is -0.134. The van der Waals surface area contributed by atoms with Gasteiger partial charge < -0.3 is 9.64 Å². The molecule has 2 aromatic rings. The predicted molar refractivity (Wildman–Crippen MR) is 87.4 cm³/mol. The second-order valence-electron chi connectivity index (χ2n) is 5.57. The number of amides is 1. The van der Waals surface area contributed by atoms with E-state index in [1.165, 1.54) is 0 Å². The zero-order valence-corrected chi connectivity index (χ0v) is 12.9. The molecule has 0 atom stereocenters. The van der Waals surface area contributed by atoms with Crippen LogP contribution in [0.5, 0.6) is 0 Å². The molecule has 1 heterocycles. The molecular weight excluding hydrogens is 290 g/mol. The Balaban J connectivity index is 1.72. The van der Waals surface area contributed by atoms with Crippen molar-refractivity contribution < 1.29 is 14.3 Å². The summed E-state index contributed by atoms with van der Waals surface area (Å²) in [6, 6.07) is 16.5. The number of nitrogens with zero attached hydrogens (tertiary/aromatic N) is 1. The minimum atomic E-state index is -0.0220. The number of carbonyl (C=O) groups excluding carboxylic acids is 2. The van der Waals surface area contributed by atoms with E-state index in [1.807, 2.05) is 41.3 Å². The fourth-order valence-electron chi connectivity index (χ4n) is 2.68. The quantitative estimate of drug-likeness (QED) is 0.814. The zero-order chi connectivity index (χ0) is 16.1. The van der Waals surface area contributed by atoms with Gasteiger partial charge in [-0.15, -0.1) is 0 Å². The first-order valence-electron chi connectivity index (χ1n) is 7.78. The second-order valence-corrected chi connectivity index (χ2v) is 5.57. The molecule has 23 heavy (non-hydrogen) atoms. The smallest absolute Gasteiger partial charge is 0.227 e. The molecule has 0 spiro atoms. The van der Waals surface area contributed by atoms with Gasteiger partial charge in [-0.25, -0.2) is 0 Å². The van der Waals surface area contributed by atoms with E-state index in [1.54, 1.807) is 18.2 Å². The summed E-state index contributed by atoms with van der Waals surface area (Å²) in [5, 5.41) is 0. The van der Waals surface area contributed by atoms with Gasteiger partial charge in [0.25, 0.3) is 0 Å². The lowest BCUT2D eigenvalue weighted by Gasteiger charge is -2.26. The van der Waals surface area contributed by atoms with Crippen LogP contribution in [-0.2, 0) is 16.0 Å². The summed E-state index contributed by atoms with van der Waals surface area (Å²) in [5.74, 6) is 0.0591. The molecule has 0 N–H and O–H groups in total. The van der Waals surface area contributed by atoms with Crippen LogP contribution in [0.15, 0.2) is 54.6 Å². The molecule has 1 fully saturated rings. The predicted octanol–water partition coefficient (Wildman–Crippen LogP) is 2.32. The number of rotatable bonds is 4. The molecule has 0 saturated carbocycles. The molecule has 0 bridgehead atoms. The lowest BCUT2D eigenvalue weighted by atomic mass is 10.00. The highest BCUT2D eigenvalue weighted by atomic mass is 16.5. The van der Waals surface area contributed by atoms with Gasteiger partial charge in [0.1, 0.15) is 0 Å². The lowest BCUT2D eigenvalue weighted by Crippen LogP contribution is -2.41. The highest BCUT2D eigenvalue weighted by Gasteiger charge is 2.17. The van der Waals surface area contributed by atoms with Crippen molar-refractivity contribution in [3.05, 3.63) is 71.3 Å².